The van der Waals surface area contributed by atoms with Gasteiger partial charge in [0, 0.05) is 39.3 Å². The number of hydrogen-bond donors (Lipinski definition) is 2. The van der Waals surface area contributed by atoms with Gasteiger partial charge in [0.25, 0.3) is 0 Å². The normalized spacial score (nSPS) is 17.2. The molecule has 0 aromatic heterocycles. The standard InChI is InChI=1S/C68H98B2N4O6/c1-65(2,3)79-63(76)71-38-22-12-14-24-40-73(43-50-26-16-18-28-52(50)60-34-36-67(7,8)47-69-60)45-58-54-30-20-21-31-55(54)59(57-42-49(62(75)78-11)32-33-56(57)58)46-74(41-25-15-13-23-39-72-64(77)80-66(4,5)6)44-51-27-17-19-29-53(51)61-35-37-68(9,10)48-70-61/h16-21,26-33,42,60-61,69-70H,12-15,22-25,34-41,43-48H2,1-11H3,(H,71,76)(H,72,77). The molecule has 432 valence electrons. The second-order valence-electron chi connectivity index (χ2n) is 27.1. The Morgan fingerprint density at radius 2 is 0.950 bits per heavy atom. The molecule has 0 spiro atoms. The van der Waals surface area contributed by atoms with Gasteiger partial charge in [0.05, 0.1) is 12.7 Å². The molecule has 7 rings (SSSR count). The van der Waals surface area contributed by atoms with E-state index < -0.39 is 11.2 Å². The van der Waals surface area contributed by atoms with Crippen LogP contribution in [-0.4, -0.2) is 87.0 Å². The van der Waals surface area contributed by atoms with Gasteiger partial charge >= 0.3 is 18.2 Å². The molecule has 0 aliphatic carbocycles. The maximum Gasteiger partial charge on any atom is 0.407 e. The Kier molecular flexibility index (Phi) is 22.3. The number of hydrogen-bond acceptors (Lipinski definition) is 8. The zero-order chi connectivity index (χ0) is 57.5. The van der Waals surface area contributed by atoms with Gasteiger partial charge < -0.3 is 24.8 Å². The lowest BCUT2D eigenvalue weighted by Crippen LogP contribution is -2.33. The minimum atomic E-state index is -0.525. The molecule has 2 atom stereocenters. The lowest BCUT2D eigenvalue weighted by molar-refractivity contribution is 0.0515. The van der Waals surface area contributed by atoms with Crippen LogP contribution in [0.3, 0.4) is 0 Å². The van der Waals surface area contributed by atoms with Gasteiger partial charge in [-0.1, -0.05) is 158 Å². The number of carbonyl (C=O) groups is 3. The Morgan fingerprint density at radius 3 is 1.38 bits per heavy atom. The summed E-state index contributed by atoms with van der Waals surface area (Å²) >= 11 is 0. The molecular weight excluding hydrogens is 990 g/mol. The second kappa shape index (κ2) is 28.6. The smallest absolute Gasteiger partial charge is 0.407 e. The van der Waals surface area contributed by atoms with E-state index in [2.05, 4.69) is 133 Å². The Labute approximate surface area is 483 Å². The van der Waals surface area contributed by atoms with E-state index in [1.165, 1.54) is 110 Å². The highest BCUT2D eigenvalue weighted by Crippen LogP contribution is 2.42. The molecule has 2 N–H and O–H groups in total. The summed E-state index contributed by atoms with van der Waals surface area (Å²) in [6, 6.07) is 33.7. The second-order valence-corrected chi connectivity index (χ2v) is 27.1. The van der Waals surface area contributed by atoms with E-state index in [-0.39, 0.29) is 18.2 Å². The molecule has 2 fully saturated rings. The minimum Gasteiger partial charge on any atom is -0.465 e. The van der Waals surface area contributed by atoms with Gasteiger partial charge in [-0.25, -0.2) is 14.4 Å². The zero-order valence-electron chi connectivity index (χ0n) is 51.1. The summed E-state index contributed by atoms with van der Waals surface area (Å²) < 4.78 is 16.4. The molecule has 2 aliphatic rings. The molecule has 5 aromatic rings. The number of methoxy groups -OCH3 is 1. The van der Waals surface area contributed by atoms with Crippen molar-refractivity contribution >= 4 is 54.3 Å². The van der Waals surface area contributed by atoms with Crippen LogP contribution in [0.5, 0.6) is 0 Å². The molecule has 5 aromatic carbocycles. The molecule has 10 nitrogen and oxygen atoms in total. The fourth-order valence-corrected chi connectivity index (χ4v) is 12.5. The van der Waals surface area contributed by atoms with Crippen LogP contribution in [-0.2, 0) is 40.4 Å². The van der Waals surface area contributed by atoms with Crippen molar-refractivity contribution in [1.82, 2.24) is 20.4 Å². The highest BCUT2D eigenvalue weighted by Gasteiger charge is 2.32. The van der Waals surface area contributed by atoms with E-state index in [1.54, 1.807) is 0 Å². The van der Waals surface area contributed by atoms with Crippen molar-refractivity contribution in [3.8, 4) is 0 Å². The van der Waals surface area contributed by atoms with Crippen LogP contribution in [0, 0.1) is 10.8 Å². The molecule has 2 aliphatic heterocycles. The van der Waals surface area contributed by atoms with Gasteiger partial charge in [-0.2, -0.15) is 0 Å². The average molecular weight is 1090 g/mol. The van der Waals surface area contributed by atoms with Gasteiger partial charge in [0.1, 0.15) is 25.8 Å². The molecule has 2 saturated heterocycles. The predicted molar refractivity (Wildman–Crippen MR) is 335 cm³/mol. The van der Waals surface area contributed by atoms with E-state index in [9.17, 15) is 14.4 Å². The predicted octanol–water partition coefficient (Wildman–Crippen LogP) is 15.4. The van der Waals surface area contributed by atoms with Crippen molar-refractivity contribution in [2.75, 3.05) is 33.3 Å². The summed E-state index contributed by atoms with van der Waals surface area (Å²) in [4.78, 5) is 43.7. The SMILES string of the molecule is COC(=O)c1ccc2c(CN(CCCCCCNC(=O)OC(C)(C)C)Cc3ccccc3C3BCC(C)(C)CC3)c3ccccc3c(CN(CCCCCCNC(=O)OC(C)(C)C)Cc3ccccc3C3BCC(C)(C)CC3)c2c1. The minimum absolute atomic E-state index is 0.333. The number of esters is 1. The van der Waals surface area contributed by atoms with Crippen molar-refractivity contribution in [3.63, 3.8) is 0 Å². The first-order chi connectivity index (χ1) is 38.1. The molecule has 2 amide bonds. The molecule has 80 heavy (non-hydrogen) atoms. The Bertz CT molecular complexity index is 2810. The third kappa shape index (κ3) is 18.9. The first-order valence-corrected chi connectivity index (χ1v) is 30.7. The largest absolute Gasteiger partial charge is 0.465 e. The van der Waals surface area contributed by atoms with Gasteiger partial charge in [0.2, 0.25) is 0 Å². The number of alkyl carbamates (subject to hydrolysis) is 2. The van der Waals surface area contributed by atoms with Crippen molar-refractivity contribution in [1.29, 1.82) is 0 Å². The average Bonchev–Trinajstić information content (AvgIpc) is 3.40. The van der Waals surface area contributed by atoms with Gasteiger partial charge in [-0.15, -0.1) is 0 Å². The summed E-state index contributed by atoms with van der Waals surface area (Å²) in [5.74, 6) is 0.774. The highest BCUT2D eigenvalue weighted by atomic mass is 16.6. The molecule has 0 saturated carbocycles. The number of fused-ring (bicyclic) bond motifs is 2. The van der Waals surface area contributed by atoms with Crippen LogP contribution in [0.1, 0.15) is 202 Å². The summed E-state index contributed by atoms with van der Waals surface area (Å²) in [6.07, 6.45) is 14.6. The number of ether oxygens (including phenoxy) is 3. The van der Waals surface area contributed by atoms with E-state index in [4.69, 9.17) is 14.2 Å². The van der Waals surface area contributed by atoms with Crippen LogP contribution in [0.2, 0.25) is 12.6 Å². The number of benzene rings is 5. The van der Waals surface area contributed by atoms with Gasteiger partial charge in [-0.3, -0.25) is 9.80 Å². The van der Waals surface area contributed by atoms with E-state index >= 15 is 0 Å². The molecule has 2 unspecified atom stereocenters. The fraction of sp³-hybridized carbons (Fsp3) is 0.574. The Morgan fingerprint density at radius 1 is 0.537 bits per heavy atom. The summed E-state index contributed by atoms with van der Waals surface area (Å²) in [7, 11) is 3.90. The number of rotatable bonds is 25. The number of carbonyl (C=O) groups excluding carboxylic acids is 3. The van der Waals surface area contributed by atoms with Crippen LogP contribution in [0.25, 0.3) is 21.5 Å². The fourth-order valence-electron chi connectivity index (χ4n) is 12.5. The number of nitrogens with zero attached hydrogens (tertiary/aromatic N) is 2. The van der Waals surface area contributed by atoms with Crippen LogP contribution >= 0.6 is 0 Å². The molecule has 12 heteroatoms. The topological polar surface area (TPSA) is 109 Å². The first kappa shape index (κ1) is 62.3. The zero-order valence-corrected chi connectivity index (χ0v) is 51.1. The number of amides is 2. The molecular formula is C68H98B2N4O6. The van der Waals surface area contributed by atoms with Gasteiger partial charge in [-0.05, 0) is 183 Å². The summed E-state index contributed by atoms with van der Waals surface area (Å²) in [5.41, 5.74) is 8.62. The molecule has 2 heterocycles. The van der Waals surface area contributed by atoms with Crippen molar-refractivity contribution in [2.24, 2.45) is 10.8 Å². The van der Waals surface area contributed by atoms with E-state index in [1.807, 2.05) is 47.6 Å². The summed E-state index contributed by atoms with van der Waals surface area (Å²) in [5, 5.41) is 10.7. The van der Waals surface area contributed by atoms with Crippen molar-refractivity contribution in [2.45, 2.75) is 208 Å². The highest BCUT2D eigenvalue weighted by molar-refractivity contribution is 6.39. The third-order valence-electron chi connectivity index (χ3n) is 17.0. The Hall–Kier alpha value is -5.32. The lowest BCUT2D eigenvalue weighted by atomic mass is 9.47. The molecule has 0 bridgehead atoms. The lowest BCUT2D eigenvalue weighted by Gasteiger charge is -2.35. The monoisotopic (exact) mass is 1090 g/mol. The third-order valence-corrected chi connectivity index (χ3v) is 17.0. The van der Waals surface area contributed by atoms with E-state index in [0.29, 0.717) is 47.7 Å². The van der Waals surface area contributed by atoms with Crippen molar-refractivity contribution in [3.05, 3.63) is 130 Å². The van der Waals surface area contributed by atoms with Crippen molar-refractivity contribution < 1.29 is 28.6 Å². The van der Waals surface area contributed by atoms with Crippen LogP contribution in [0.4, 0.5) is 9.59 Å². The summed E-state index contributed by atoms with van der Waals surface area (Å²) in [6.45, 7) is 27.2. The first-order valence-electron chi connectivity index (χ1n) is 30.7. The number of unbranched alkanes of at least 4 members (excludes halogenated alkanes) is 6. The van der Waals surface area contributed by atoms with Gasteiger partial charge in [0.15, 0.2) is 0 Å². The maximum atomic E-state index is 13.5. The Balaban J connectivity index is 1.21. The molecule has 0 radical (unpaired) electrons. The quantitative estimate of drug-likeness (QED) is 0.0196. The number of nitrogens with one attached hydrogen (secondary N) is 2. The van der Waals surface area contributed by atoms with E-state index in [0.717, 1.165) is 89.5 Å². The maximum absolute atomic E-state index is 13.5. The van der Waals surface area contributed by atoms with Crippen LogP contribution in [0.15, 0.2) is 91.0 Å². The van der Waals surface area contributed by atoms with Crippen LogP contribution < -0.4 is 10.6 Å².